The summed E-state index contributed by atoms with van der Waals surface area (Å²) in [4.78, 5) is 4.28. The van der Waals surface area contributed by atoms with Crippen LogP contribution in [0.3, 0.4) is 0 Å². The van der Waals surface area contributed by atoms with Crippen LogP contribution in [0, 0.1) is 0 Å². The summed E-state index contributed by atoms with van der Waals surface area (Å²) in [7, 11) is -2.90. The summed E-state index contributed by atoms with van der Waals surface area (Å²) < 4.78 is 23.0. The molecule has 1 unspecified atom stereocenters. The van der Waals surface area contributed by atoms with Crippen molar-refractivity contribution in [3.63, 3.8) is 0 Å². The highest BCUT2D eigenvalue weighted by atomic mass is 32.2. The Morgan fingerprint density at radius 3 is 3.00 bits per heavy atom. The smallest absolute Gasteiger partial charge is 0.154 e. The summed E-state index contributed by atoms with van der Waals surface area (Å²) in [5.41, 5.74) is 5.41. The third-order valence-electron chi connectivity index (χ3n) is 2.76. The van der Waals surface area contributed by atoms with E-state index in [1.807, 2.05) is 0 Å². The second kappa shape index (κ2) is 4.50. The van der Waals surface area contributed by atoms with Gasteiger partial charge in [-0.1, -0.05) is 0 Å². The quantitative estimate of drug-likeness (QED) is 0.753. The first-order chi connectivity index (χ1) is 7.61. The second-order valence-corrected chi connectivity index (χ2v) is 6.36. The van der Waals surface area contributed by atoms with Crippen molar-refractivity contribution in [3.05, 3.63) is 11.6 Å². The largest absolute Gasteiger partial charge is 0.330 e. The van der Waals surface area contributed by atoms with Gasteiger partial charge in [0.1, 0.15) is 5.82 Å². The van der Waals surface area contributed by atoms with Gasteiger partial charge in [-0.25, -0.2) is 13.4 Å². The number of nitrogens with one attached hydrogen (secondary N) is 1. The highest BCUT2D eigenvalue weighted by Gasteiger charge is 2.28. The van der Waals surface area contributed by atoms with Crippen LogP contribution in [0.2, 0.25) is 0 Å². The van der Waals surface area contributed by atoms with Crippen LogP contribution in [0.25, 0.3) is 0 Å². The molecule has 0 amide bonds. The van der Waals surface area contributed by atoms with Crippen LogP contribution in [0.15, 0.2) is 0 Å². The third-order valence-corrected chi connectivity index (χ3v) is 4.58. The maximum absolute atomic E-state index is 11.5. The van der Waals surface area contributed by atoms with Gasteiger partial charge < -0.3 is 5.73 Å². The summed E-state index contributed by atoms with van der Waals surface area (Å²) in [6.45, 7) is 0.512. The molecule has 0 saturated carbocycles. The van der Waals surface area contributed by atoms with E-state index in [4.69, 9.17) is 5.73 Å². The zero-order chi connectivity index (χ0) is 11.6. The van der Waals surface area contributed by atoms with Gasteiger partial charge in [-0.3, -0.25) is 5.10 Å². The van der Waals surface area contributed by atoms with Gasteiger partial charge >= 0.3 is 0 Å². The van der Waals surface area contributed by atoms with Crippen LogP contribution < -0.4 is 5.73 Å². The Balaban J connectivity index is 2.11. The molecule has 1 aliphatic heterocycles. The van der Waals surface area contributed by atoms with E-state index in [0.29, 0.717) is 31.0 Å². The van der Waals surface area contributed by atoms with E-state index in [0.717, 1.165) is 12.2 Å². The minimum Gasteiger partial charge on any atom is -0.330 e. The van der Waals surface area contributed by atoms with Gasteiger partial charge in [0.05, 0.1) is 11.5 Å². The van der Waals surface area contributed by atoms with Crippen LogP contribution in [-0.2, 0) is 16.3 Å². The molecular weight excluding hydrogens is 228 g/mol. The molecule has 0 aromatic carbocycles. The Morgan fingerprint density at radius 1 is 1.50 bits per heavy atom. The summed E-state index contributed by atoms with van der Waals surface area (Å²) in [6.07, 6.45) is 2.19. The highest BCUT2D eigenvalue weighted by molar-refractivity contribution is 7.91. The molecule has 16 heavy (non-hydrogen) atoms. The third kappa shape index (κ3) is 2.59. The lowest BCUT2D eigenvalue weighted by Crippen LogP contribution is -2.24. The van der Waals surface area contributed by atoms with Crippen LogP contribution in [0.4, 0.5) is 0 Å². The van der Waals surface area contributed by atoms with Crippen molar-refractivity contribution in [2.75, 3.05) is 18.1 Å². The first-order valence-electron chi connectivity index (χ1n) is 5.42. The minimum atomic E-state index is -2.90. The first kappa shape index (κ1) is 11.5. The van der Waals surface area contributed by atoms with Crippen molar-refractivity contribution < 1.29 is 8.42 Å². The maximum Gasteiger partial charge on any atom is 0.154 e. The lowest BCUT2D eigenvalue weighted by Gasteiger charge is -2.18. The van der Waals surface area contributed by atoms with Gasteiger partial charge in [0.25, 0.3) is 0 Å². The molecule has 1 aliphatic rings. The van der Waals surface area contributed by atoms with E-state index in [2.05, 4.69) is 15.2 Å². The molecule has 0 radical (unpaired) electrons. The lowest BCUT2D eigenvalue weighted by molar-refractivity contribution is 0.544. The van der Waals surface area contributed by atoms with Gasteiger partial charge in [0.2, 0.25) is 0 Å². The Kier molecular flexibility index (Phi) is 3.25. The fourth-order valence-corrected chi connectivity index (χ4v) is 3.67. The van der Waals surface area contributed by atoms with E-state index in [1.54, 1.807) is 0 Å². The van der Waals surface area contributed by atoms with Crippen molar-refractivity contribution in [3.8, 4) is 0 Å². The number of hydrogen-bond acceptors (Lipinski definition) is 5. The zero-order valence-corrected chi connectivity index (χ0v) is 9.83. The van der Waals surface area contributed by atoms with Gasteiger partial charge in [-0.15, -0.1) is 0 Å². The molecule has 1 fully saturated rings. The predicted molar refractivity (Wildman–Crippen MR) is 59.8 cm³/mol. The lowest BCUT2D eigenvalue weighted by atomic mass is 10.1. The van der Waals surface area contributed by atoms with E-state index in [-0.39, 0.29) is 11.7 Å². The van der Waals surface area contributed by atoms with E-state index < -0.39 is 9.84 Å². The first-order valence-corrected chi connectivity index (χ1v) is 7.24. The summed E-state index contributed by atoms with van der Waals surface area (Å²) >= 11 is 0. The molecular formula is C9H16N4O2S. The topological polar surface area (TPSA) is 102 Å². The number of aromatic nitrogens is 3. The molecule has 1 aromatic heterocycles. The highest BCUT2D eigenvalue weighted by Crippen LogP contribution is 2.25. The fourth-order valence-electron chi connectivity index (χ4n) is 1.97. The monoisotopic (exact) mass is 244 g/mol. The number of H-pyrrole nitrogens is 1. The van der Waals surface area contributed by atoms with Crippen molar-refractivity contribution in [1.82, 2.24) is 15.2 Å². The Bertz CT molecular complexity index is 454. The Morgan fingerprint density at radius 2 is 2.31 bits per heavy atom. The molecule has 7 heteroatoms. The molecule has 90 valence electrons. The number of hydrogen-bond donors (Lipinski definition) is 2. The molecule has 1 aromatic rings. The van der Waals surface area contributed by atoms with Crippen molar-refractivity contribution in [2.45, 2.75) is 25.2 Å². The van der Waals surface area contributed by atoms with Crippen LogP contribution in [0.1, 0.15) is 30.4 Å². The Labute approximate surface area is 94.6 Å². The fraction of sp³-hybridized carbons (Fsp3) is 0.778. The molecule has 0 aliphatic carbocycles. The normalized spacial score (nSPS) is 24.4. The van der Waals surface area contributed by atoms with E-state index in [9.17, 15) is 8.42 Å². The van der Waals surface area contributed by atoms with E-state index in [1.165, 1.54) is 0 Å². The van der Waals surface area contributed by atoms with Crippen LogP contribution in [-0.4, -0.2) is 41.6 Å². The van der Waals surface area contributed by atoms with Gasteiger partial charge in [0.15, 0.2) is 15.7 Å². The number of sulfone groups is 1. The summed E-state index contributed by atoms with van der Waals surface area (Å²) in [5.74, 6) is 1.77. The zero-order valence-electron chi connectivity index (χ0n) is 9.02. The number of aromatic amines is 1. The van der Waals surface area contributed by atoms with Crippen molar-refractivity contribution >= 4 is 9.84 Å². The molecule has 3 N–H and O–H groups in total. The van der Waals surface area contributed by atoms with Gasteiger partial charge in [-0.2, -0.15) is 5.10 Å². The second-order valence-electron chi connectivity index (χ2n) is 4.13. The van der Waals surface area contributed by atoms with Crippen molar-refractivity contribution in [2.24, 2.45) is 5.73 Å². The SMILES string of the molecule is NCCc1nc(C2CCCS(=O)(=O)C2)n[nH]1. The van der Waals surface area contributed by atoms with Gasteiger partial charge in [0, 0.05) is 12.3 Å². The van der Waals surface area contributed by atoms with Crippen LogP contribution in [0.5, 0.6) is 0 Å². The summed E-state index contributed by atoms with van der Waals surface area (Å²) in [6, 6.07) is 0. The molecule has 0 bridgehead atoms. The minimum absolute atomic E-state index is 0.0541. The molecule has 2 heterocycles. The predicted octanol–water partition coefficient (Wildman–Crippen LogP) is -0.402. The maximum atomic E-state index is 11.5. The van der Waals surface area contributed by atoms with Crippen molar-refractivity contribution in [1.29, 1.82) is 0 Å². The summed E-state index contributed by atoms with van der Waals surface area (Å²) in [5, 5.41) is 6.86. The standard InChI is InChI=1S/C9H16N4O2S/c10-4-3-8-11-9(13-12-8)7-2-1-5-16(14,15)6-7/h7H,1-6,10H2,(H,11,12,13). The van der Waals surface area contributed by atoms with Crippen LogP contribution >= 0.6 is 0 Å². The molecule has 1 atom stereocenters. The van der Waals surface area contributed by atoms with Gasteiger partial charge in [-0.05, 0) is 19.4 Å². The molecule has 0 spiro atoms. The number of nitrogens with two attached hydrogens (primary N) is 1. The average Bonchev–Trinajstić information content (AvgIpc) is 2.65. The molecule has 6 nitrogen and oxygen atoms in total. The molecule has 2 rings (SSSR count). The average molecular weight is 244 g/mol. The molecule has 1 saturated heterocycles. The van der Waals surface area contributed by atoms with E-state index >= 15 is 0 Å². The number of nitrogens with zero attached hydrogens (tertiary/aromatic N) is 2. The Hall–Kier alpha value is -0.950. The number of rotatable bonds is 3.